The molecular weight excluding hydrogens is 172 g/mol. The summed E-state index contributed by atoms with van der Waals surface area (Å²) in [6.07, 6.45) is 0. The van der Waals surface area contributed by atoms with Crippen molar-refractivity contribution in [1.29, 1.82) is 0 Å². The minimum absolute atomic E-state index is 0.322. The minimum Gasteiger partial charge on any atom is -0.445 e. The van der Waals surface area contributed by atoms with Crippen LogP contribution in [0.1, 0.15) is 13.8 Å². The standard InChI is InChI=1S/C6H11ClO2S/c1-3-10-4-6(7)9-5(2)8/h6H,3-4H2,1-2H3. The summed E-state index contributed by atoms with van der Waals surface area (Å²) >= 11 is 7.24. The zero-order chi connectivity index (χ0) is 7.98. The van der Waals surface area contributed by atoms with Crippen molar-refractivity contribution in [2.24, 2.45) is 0 Å². The summed E-state index contributed by atoms with van der Waals surface area (Å²) in [6, 6.07) is 0. The monoisotopic (exact) mass is 182 g/mol. The Hall–Kier alpha value is 0.110. The molecule has 0 aromatic heterocycles. The van der Waals surface area contributed by atoms with Crippen molar-refractivity contribution in [2.75, 3.05) is 11.5 Å². The molecule has 10 heavy (non-hydrogen) atoms. The van der Waals surface area contributed by atoms with Crippen molar-refractivity contribution in [3.63, 3.8) is 0 Å². The largest absolute Gasteiger partial charge is 0.445 e. The summed E-state index contributed by atoms with van der Waals surface area (Å²) < 4.78 is 4.66. The lowest BCUT2D eigenvalue weighted by molar-refractivity contribution is -0.141. The van der Waals surface area contributed by atoms with Gasteiger partial charge in [0.05, 0.1) is 0 Å². The lowest BCUT2D eigenvalue weighted by Gasteiger charge is -2.07. The number of ether oxygens (including phenoxy) is 1. The Morgan fingerprint density at radius 2 is 2.40 bits per heavy atom. The molecule has 0 heterocycles. The van der Waals surface area contributed by atoms with Gasteiger partial charge in [0, 0.05) is 12.7 Å². The van der Waals surface area contributed by atoms with E-state index in [4.69, 9.17) is 11.6 Å². The fourth-order valence-corrected chi connectivity index (χ4v) is 1.31. The first-order valence-corrected chi connectivity index (χ1v) is 4.65. The van der Waals surface area contributed by atoms with Gasteiger partial charge in [0.1, 0.15) is 0 Å². The first-order valence-electron chi connectivity index (χ1n) is 3.05. The smallest absolute Gasteiger partial charge is 0.304 e. The van der Waals surface area contributed by atoms with Crippen LogP contribution in [0, 0.1) is 0 Å². The maximum absolute atomic E-state index is 10.3. The fraction of sp³-hybridized carbons (Fsp3) is 0.833. The van der Waals surface area contributed by atoms with E-state index in [1.807, 2.05) is 6.92 Å². The molecule has 0 saturated carbocycles. The van der Waals surface area contributed by atoms with Gasteiger partial charge in [0.25, 0.3) is 0 Å². The van der Waals surface area contributed by atoms with Gasteiger partial charge < -0.3 is 4.74 Å². The summed E-state index contributed by atoms with van der Waals surface area (Å²) in [5.41, 5.74) is -0.470. The van der Waals surface area contributed by atoms with Crippen LogP contribution in [0.4, 0.5) is 0 Å². The molecule has 1 atom stereocenters. The van der Waals surface area contributed by atoms with Crippen molar-refractivity contribution >= 4 is 29.3 Å². The number of hydrogen-bond donors (Lipinski definition) is 0. The highest BCUT2D eigenvalue weighted by atomic mass is 35.5. The van der Waals surface area contributed by atoms with Crippen LogP contribution in [0.5, 0.6) is 0 Å². The number of hydrogen-bond acceptors (Lipinski definition) is 3. The van der Waals surface area contributed by atoms with Gasteiger partial charge >= 0.3 is 5.97 Å². The second kappa shape index (κ2) is 5.86. The predicted molar refractivity (Wildman–Crippen MR) is 44.4 cm³/mol. The van der Waals surface area contributed by atoms with Crippen LogP contribution in [0.3, 0.4) is 0 Å². The first-order chi connectivity index (χ1) is 4.66. The van der Waals surface area contributed by atoms with Gasteiger partial charge in [0.2, 0.25) is 0 Å². The van der Waals surface area contributed by atoms with Crippen LogP contribution in [-0.4, -0.2) is 23.0 Å². The van der Waals surface area contributed by atoms with Gasteiger partial charge in [-0.05, 0) is 5.75 Å². The zero-order valence-corrected chi connectivity index (χ0v) is 7.67. The van der Waals surface area contributed by atoms with Gasteiger partial charge in [0.15, 0.2) is 5.56 Å². The molecule has 0 spiro atoms. The molecule has 2 nitrogen and oxygen atoms in total. The SMILES string of the molecule is CCSCC(Cl)OC(C)=O. The molecule has 60 valence electrons. The maximum Gasteiger partial charge on any atom is 0.304 e. The molecule has 0 saturated heterocycles. The number of rotatable bonds is 4. The lowest BCUT2D eigenvalue weighted by atomic mass is 10.8. The molecule has 0 aromatic carbocycles. The molecule has 0 fully saturated rings. The third-order valence-corrected chi connectivity index (χ3v) is 2.12. The first kappa shape index (κ1) is 10.1. The van der Waals surface area contributed by atoms with Gasteiger partial charge in [-0.1, -0.05) is 18.5 Å². The Bertz CT molecular complexity index is 108. The average molecular weight is 183 g/mol. The number of halogens is 1. The number of thioether (sulfide) groups is 1. The van der Waals surface area contributed by atoms with Crippen LogP contribution < -0.4 is 0 Å². The van der Waals surface area contributed by atoms with Crippen molar-refractivity contribution in [1.82, 2.24) is 0 Å². The Labute approximate surface area is 70.3 Å². The average Bonchev–Trinajstić information content (AvgIpc) is 1.82. The van der Waals surface area contributed by atoms with Crippen molar-refractivity contribution < 1.29 is 9.53 Å². The topological polar surface area (TPSA) is 26.3 Å². The number of carbonyl (C=O) groups excluding carboxylic acids is 1. The van der Waals surface area contributed by atoms with Crippen molar-refractivity contribution in [3.8, 4) is 0 Å². The summed E-state index contributed by atoms with van der Waals surface area (Å²) in [6.45, 7) is 3.38. The molecule has 0 aliphatic rings. The molecule has 4 heteroatoms. The lowest BCUT2D eigenvalue weighted by Crippen LogP contribution is -2.11. The van der Waals surface area contributed by atoms with Gasteiger partial charge in [-0.15, -0.1) is 0 Å². The van der Waals surface area contributed by atoms with E-state index < -0.39 is 5.56 Å². The molecule has 0 bridgehead atoms. The van der Waals surface area contributed by atoms with E-state index in [1.54, 1.807) is 11.8 Å². The Balaban J connectivity index is 3.25. The molecule has 0 radical (unpaired) electrons. The highest BCUT2D eigenvalue weighted by Crippen LogP contribution is 2.08. The van der Waals surface area contributed by atoms with Gasteiger partial charge in [-0.2, -0.15) is 11.8 Å². The predicted octanol–water partition coefficient (Wildman–Crippen LogP) is 1.87. The third kappa shape index (κ3) is 6.23. The minimum atomic E-state index is -0.470. The Morgan fingerprint density at radius 3 is 2.80 bits per heavy atom. The molecular formula is C6H11ClO2S. The van der Waals surface area contributed by atoms with E-state index in [0.717, 1.165) is 5.75 Å². The highest BCUT2D eigenvalue weighted by molar-refractivity contribution is 7.99. The van der Waals surface area contributed by atoms with Crippen molar-refractivity contribution in [2.45, 2.75) is 19.4 Å². The second-order valence-corrected chi connectivity index (χ2v) is 3.48. The van der Waals surface area contributed by atoms with Gasteiger partial charge in [-0.3, -0.25) is 4.79 Å². The summed E-state index contributed by atoms with van der Waals surface area (Å²) in [5.74, 6) is 1.33. The molecule has 0 rings (SSSR count). The highest BCUT2D eigenvalue weighted by Gasteiger charge is 2.05. The maximum atomic E-state index is 10.3. The van der Waals surface area contributed by atoms with E-state index in [0.29, 0.717) is 5.75 Å². The fourth-order valence-electron chi connectivity index (χ4n) is 0.425. The molecule has 0 amide bonds. The normalized spacial score (nSPS) is 12.7. The number of carbonyl (C=O) groups is 1. The van der Waals surface area contributed by atoms with Crippen LogP contribution >= 0.6 is 23.4 Å². The molecule has 0 aliphatic heterocycles. The van der Waals surface area contributed by atoms with E-state index in [9.17, 15) is 4.79 Å². The quantitative estimate of drug-likeness (QED) is 0.491. The van der Waals surface area contributed by atoms with Crippen LogP contribution in [0.25, 0.3) is 0 Å². The zero-order valence-electron chi connectivity index (χ0n) is 6.09. The van der Waals surface area contributed by atoms with E-state index in [1.165, 1.54) is 6.92 Å². The number of esters is 1. The van der Waals surface area contributed by atoms with Crippen LogP contribution in [0.2, 0.25) is 0 Å². The summed E-state index contributed by atoms with van der Waals surface area (Å²) in [5, 5.41) is 0. The molecule has 0 N–H and O–H groups in total. The molecule has 1 unspecified atom stereocenters. The summed E-state index contributed by atoms with van der Waals surface area (Å²) in [4.78, 5) is 10.3. The Morgan fingerprint density at radius 1 is 1.80 bits per heavy atom. The number of alkyl halides is 1. The molecule has 0 aliphatic carbocycles. The van der Waals surface area contributed by atoms with Crippen LogP contribution in [0.15, 0.2) is 0 Å². The molecule has 0 aromatic rings. The second-order valence-electron chi connectivity index (χ2n) is 1.68. The van der Waals surface area contributed by atoms with Crippen molar-refractivity contribution in [3.05, 3.63) is 0 Å². The van der Waals surface area contributed by atoms with E-state index in [2.05, 4.69) is 4.74 Å². The van der Waals surface area contributed by atoms with Gasteiger partial charge in [-0.25, -0.2) is 0 Å². The third-order valence-electron chi connectivity index (χ3n) is 0.747. The summed E-state index contributed by atoms with van der Waals surface area (Å²) in [7, 11) is 0. The van der Waals surface area contributed by atoms with Crippen LogP contribution in [-0.2, 0) is 9.53 Å². The van der Waals surface area contributed by atoms with E-state index >= 15 is 0 Å². The Kier molecular flexibility index (Phi) is 5.93. The van der Waals surface area contributed by atoms with E-state index in [-0.39, 0.29) is 5.97 Å².